The lowest BCUT2D eigenvalue weighted by atomic mass is 9.77. The fourth-order valence-corrected chi connectivity index (χ4v) is 5.48. The molecule has 2 rings (SSSR count). The number of nitrogens with one attached hydrogen (secondary N) is 1. The van der Waals surface area contributed by atoms with Crippen LogP contribution in [0.5, 0.6) is 0 Å². The van der Waals surface area contributed by atoms with E-state index in [0.29, 0.717) is 36.3 Å². The maximum atomic E-state index is 6.51. The molecule has 8 unspecified atom stereocenters. The van der Waals surface area contributed by atoms with E-state index in [2.05, 4.69) is 53.9 Å². The van der Waals surface area contributed by atoms with Crippen LogP contribution in [0.2, 0.25) is 0 Å². The minimum absolute atomic E-state index is 0.400. The van der Waals surface area contributed by atoms with Gasteiger partial charge in [0.05, 0.1) is 24.4 Å². The van der Waals surface area contributed by atoms with Crippen molar-refractivity contribution in [2.24, 2.45) is 29.6 Å². The zero-order valence-corrected chi connectivity index (χ0v) is 19.2. The fraction of sp³-hybridized carbons (Fsp3) is 1.00. The maximum absolute atomic E-state index is 6.51. The van der Waals surface area contributed by atoms with E-state index in [1.54, 1.807) is 0 Å². The van der Waals surface area contributed by atoms with Crippen LogP contribution < -0.4 is 5.32 Å². The van der Waals surface area contributed by atoms with Gasteiger partial charge in [0.15, 0.2) is 0 Å². The summed E-state index contributed by atoms with van der Waals surface area (Å²) >= 11 is 0. The summed E-state index contributed by atoms with van der Waals surface area (Å²) in [5.41, 5.74) is 0. The van der Waals surface area contributed by atoms with Crippen LogP contribution in [-0.2, 0) is 9.47 Å². The molecule has 0 aliphatic carbocycles. The van der Waals surface area contributed by atoms with E-state index in [-0.39, 0.29) is 0 Å². The van der Waals surface area contributed by atoms with Crippen molar-refractivity contribution in [3.8, 4) is 0 Å². The second-order valence-corrected chi connectivity index (χ2v) is 10.1. The van der Waals surface area contributed by atoms with Crippen molar-refractivity contribution in [2.45, 2.75) is 111 Å². The molecule has 2 fully saturated rings. The summed E-state index contributed by atoms with van der Waals surface area (Å²) in [7, 11) is 2.05. The molecule has 160 valence electrons. The third kappa shape index (κ3) is 7.01. The summed E-state index contributed by atoms with van der Waals surface area (Å²) in [5.74, 6) is 3.55. The van der Waals surface area contributed by atoms with Gasteiger partial charge in [0, 0.05) is 0 Å². The Kier molecular flexibility index (Phi) is 9.58. The maximum Gasteiger partial charge on any atom is 0.0608 e. The molecule has 0 radical (unpaired) electrons. The quantitative estimate of drug-likeness (QED) is 0.558. The summed E-state index contributed by atoms with van der Waals surface area (Å²) in [4.78, 5) is 0. The molecule has 0 aromatic rings. The smallest absolute Gasteiger partial charge is 0.0608 e. The third-order valence-corrected chi connectivity index (χ3v) is 7.38. The molecule has 8 atom stereocenters. The Balaban J connectivity index is 1.87. The predicted octanol–water partition coefficient (Wildman–Crippen LogP) is 5.67. The second kappa shape index (κ2) is 11.2. The van der Waals surface area contributed by atoms with Crippen LogP contribution in [0.3, 0.4) is 0 Å². The summed E-state index contributed by atoms with van der Waals surface area (Å²) in [5, 5.41) is 3.30. The van der Waals surface area contributed by atoms with Gasteiger partial charge < -0.3 is 14.8 Å². The molecule has 0 bridgehead atoms. The van der Waals surface area contributed by atoms with Crippen LogP contribution in [0.1, 0.15) is 86.5 Å². The molecule has 3 nitrogen and oxygen atoms in total. The molecule has 27 heavy (non-hydrogen) atoms. The molecule has 0 spiro atoms. The molecule has 0 amide bonds. The standard InChI is InChI=1S/C24H47NO2/c1-16(2)23-12-11-22(26-20(23)6)14-21-13-18(4)19(5)27-24(21)10-8-9-17(3)15-25-7/h16-25H,8-15H2,1-7H3. The number of hydrogen-bond acceptors (Lipinski definition) is 3. The van der Waals surface area contributed by atoms with Crippen molar-refractivity contribution in [1.29, 1.82) is 0 Å². The Morgan fingerprint density at radius 1 is 1.00 bits per heavy atom. The Bertz CT molecular complexity index is 413. The van der Waals surface area contributed by atoms with Crippen molar-refractivity contribution >= 4 is 0 Å². The van der Waals surface area contributed by atoms with Gasteiger partial charge in [-0.3, -0.25) is 0 Å². The van der Waals surface area contributed by atoms with Gasteiger partial charge in [-0.05, 0) is 95.6 Å². The molecule has 0 saturated carbocycles. The van der Waals surface area contributed by atoms with Gasteiger partial charge in [-0.25, -0.2) is 0 Å². The molecule has 2 saturated heterocycles. The predicted molar refractivity (Wildman–Crippen MR) is 115 cm³/mol. The average Bonchev–Trinajstić information content (AvgIpc) is 2.59. The van der Waals surface area contributed by atoms with Crippen molar-refractivity contribution in [3.63, 3.8) is 0 Å². The van der Waals surface area contributed by atoms with Gasteiger partial charge in [0.25, 0.3) is 0 Å². The minimum Gasteiger partial charge on any atom is -0.375 e. The lowest BCUT2D eigenvalue weighted by Gasteiger charge is -2.43. The number of ether oxygens (including phenoxy) is 2. The van der Waals surface area contributed by atoms with Crippen LogP contribution in [0, 0.1) is 29.6 Å². The van der Waals surface area contributed by atoms with Crippen LogP contribution in [0.4, 0.5) is 0 Å². The van der Waals surface area contributed by atoms with E-state index in [4.69, 9.17) is 9.47 Å². The molecular formula is C24H47NO2. The van der Waals surface area contributed by atoms with Gasteiger partial charge in [-0.1, -0.05) is 34.1 Å². The van der Waals surface area contributed by atoms with Crippen molar-refractivity contribution in [3.05, 3.63) is 0 Å². The minimum atomic E-state index is 0.400. The van der Waals surface area contributed by atoms with Crippen molar-refractivity contribution in [1.82, 2.24) is 5.32 Å². The van der Waals surface area contributed by atoms with Crippen molar-refractivity contribution < 1.29 is 9.47 Å². The average molecular weight is 382 g/mol. The van der Waals surface area contributed by atoms with E-state index in [9.17, 15) is 0 Å². The van der Waals surface area contributed by atoms with Crippen LogP contribution in [0.15, 0.2) is 0 Å². The Morgan fingerprint density at radius 2 is 1.74 bits per heavy atom. The Labute approximate surface area is 169 Å². The van der Waals surface area contributed by atoms with Crippen LogP contribution in [-0.4, -0.2) is 38.0 Å². The SMILES string of the molecule is CNCC(C)CCCC1OC(C)C(C)CC1CC1CCC(C(C)C)C(C)O1. The molecule has 2 aliphatic rings. The van der Waals surface area contributed by atoms with Gasteiger partial charge in [-0.2, -0.15) is 0 Å². The molecule has 1 N–H and O–H groups in total. The largest absolute Gasteiger partial charge is 0.375 e. The lowest BCUT2D eigenvalue weighted by Crippen LogP contribution is -2.42. The zero-order valence-electron chi connectivity index (χ0n) is 19.2. The highest BCUT2D eigenvalue weighted by Crippen LogP contribution is 2.39. The van der Waals surface area contributed by atoms with Gasteiger partial charge in [0.1, 0.15) is 0 Å². The monoisotopic (exact) mass is 381 g/mol. The molecule has 0 aromatic heterocycles. The van der Waals surface area contributed by atoms with E-state index >= 15 is 0 Å². The first-order chi connectivity index (χ1) is 12.8. The van der Waals surface area contributed by atoms with E-state index in [1.807, 2.05) is 0 Å². The molecule has 3 heteroatoms. The Hall–Kier alpha value is -0.120. The third-order valence-electron chi connectivity index (χ3n) is 7.38. The van der Waals surface area contributed by atoms with E-state index in [0.717, 1.165) is 24.3 Å². The van der Waals surface area contributed by atoms with Crippen molar-refractivity contribution in [2.75, 3.05) is 13.6 Å². The van der Waals surface area contributed by atoms with Crippen LogP contribution in [0.25, 0.3) is 0 Å². The summed E-state index contributed by atoms with van der Waals surface area (Å²) in [6.07, 6.45) is 10.5. The zero-order chi connectivity index (χ0) is 20.0. The molecule has 2 heterocycles. The van der Waals surface area contributed by atoms with Crippen LogP contribution >= 0.6 is 0 Å². The Morgan fingerprint density at radius 3 is 2.37 bits per heavy atom. The normalized spacial score (nSPS) is 38.9. The number of rotatable bonds is 9. The lowest BCUT2D eigenvalue weighted by molar-refractivity contribution is -0.137. The van der Waals surface area contributed by atoms with Gasteiger partial charge in [0.2, 0.25) is 0 Å². The summed E-state index contributed by atoms with van der Waals surface area (Å²) < 4.78 is 13.0. The fourth-order valence-electron chi connectivity index (χ4n) is 5.48. The first-order valence-corrected chi connectivity index (χ1v) is 11.8. The first kappa shape index (κ1) is 23.2. The topological polar surface area (TPSA) is 30.5 Å². The highest BCUT2D eigenvalue weighted by molar-refractivity contribution is 4.86. The second-order valence-electron chi connectivity index (χ2n) is 10.1. The van der Waals surface area contributed by atoms with E-state index in [1.165, 1.54) is 44.9 Å². The molecule has 0 aromatic carbocycles. The summed E-state index contributed by atoms with van der Waals surface area (Å²) in [6, 6.07) is 0. The highest BCUT2D eigenvalue weighted by Gasteiger charge is 2.37. The van der Waals surface area contributed by atoms with Gasteiger partial charge in [-0.15, -0.1) is 0 Å². The van der Waals surface area contributed by atoms with Gasteiger partial charge >= 0.3 is 0 Å². The van der Waals surface area contributed by atoms with E-state index < -0.39 is 0 Å². The number of hydrogen-bond donors (Lipinski definition) is 1. The molecule has 2 aliphatic heterocycles. The highest BCUT2D eigenvalue weighted by atomic mass is 16.5. The molecular weight excluding hydrogens is 334 g/mol. The summed E-state index contributed by atoms with van der Waals surface area (Å²) in [6.45, 7) is 15.1. The first-order valence-electron chi connectivity index (χ1n) is 11.8.